The van der Waals surface area contributed by atoms with Gasteiger partial charge in [0, 0.05) is 6.42 Å². The number of ketones is 1. The molecule has 0 amide bonds. The Labute approximate surface area is 103 Å². The minimum absolute atomic E-state index is 0.197. The number of hydrogen-bond donors (Lipinski definition) is 0. The Kier molecular flexibility index (Phi) is 2.57. The van der Waals surface area contributed by atoms with Crippen molar-refractivity contribution in [2.45, 2.75) is 50.9 Å². The van der Waals surface area contributed by atoms with Crippen molar-refractivity contribution in [1.82, 2.24) is 0 Å². The van der Waals surface area contributed by atoms with Crippen LogP contribution < -0.4 is 0 Å². The van der Waals surface area contributed by atoms with Crippen LogP contribution in [0.4, 0.5) is 0 Å². The molecular formula is C16H20O. The Hall–Kier alpha value is -1.11. The van der Waals surface area contributed by atoms with Crippen molar-refractivity contribution < 1.29 is 4.79 Å². The molecule has 1 saturated carbocycles. The van der Waals surface area contributed by atoms with Gasteiger partial charge in [-0.05, 0) is 43.2 Å². The summed E-state index contributed by atoms with van der Waals surface area (Å²) in [7, 11) is 0. The van der Waals surface area contributed by atoms with E-state index in [1.54, 1.807) is 0 Å². The van der Waals surface area contributed by atoms with Crippen molar-refractivity contribution in [3.05, 3.63) is 35.4 Å². The van der Waals surface area contributed by atoms with Crippen molar-refractivity contribution >= 4 is 5.78 Å². The largest absolute Gasteiger partial charge is 0.299 e. The second-order valence-electron chi connectivity index (χ2n) is 5.89. The van der Waals surface area contributed by atoms with E-state index in [1.807, 2.05) is 0 Å². The molecule has 1 unspecified atom stereocenters. The zero-order valence-electron chi connectivity index (χ0n) is 10.5. The molecule has 0 aliphatic heterocycles. The lowest BCUT2D eigenvalue weighted by Gasteiger charge is -2.34. The van der Waals surface area contributed by atoms with Crippen molar-refractivity contribution in [3.63, 3.8) is 0 Å². The minimum Gasteiger partial charge on any atom is -0.299 e. The molecule has 0 radical (unpaired) electrons. The van der Waals surface area contributed by atoms with E-state index in [9.17, 15) is 4.79 Å². The van der Waals surface area contributed by atoms with E-state index in [-0.39, 0.29) is 5.41 Å². The monoisotopic (exact) mass is 228 g/mol. The summed E-state index contributed by atoms with van der Waals surface area (Å²) in [5, 5.41) is 0. The third-order valence-corrected chi connectivity index (χ3v) is 4.60. The first-order valence-corrected chi connectivity index (χ1v) is 6.82. The molecule has 0 spiro atoms. The number of benzene rings is 1. The fourth-order valence-corrected chi connectivity index (χ4v) is 3.12. The first-order valence-electron chi connectivity index (χ1n) is 6.82. The Balaban J connectivity index is 1.92. The van der Waals surface area contributed by atoms with Gasteiger partial charge >= 0.3 is 0 Å². The third-order valence-electron chi connectivity index (χ3n) is 4.60. The molecule has 1 aromatic carbocycles. The van der Waals surface area contributed by atoms with Gasteiger partial charge in [0.2, 0.25) is 0 Å². The van der Waals surface area contributed by atoms with Gasteiger partial charge in [-0.2, -0.15) is 0 Å². The second kappa shape index (κ2) is 3.97. The quantitative estimate of drug-likeness (QED) is 0.771. The van der Waals surface area contributed by atoms with E-state index >= 15 is 0 Å². The highest BCUT2D eigenvalue weighted by Gasteiger charge is 2.39. The first-order chi connectivity index (χ1) is 8.20. The Bertz CT molecular complexity index is 445. The van der Waals surface area contributed by atoms with Crippen molar-refractivity contribution in [2.75, 3.05) is 0 Å². The van der Waals surface area contributed by atoms with E-state index in [0.29, 0.717) is 5.78 Å². The van der Waals surface area contributed by atoms with Crippen LogP contribution in [0.1, 0.15) is 50.2 Å². The van der Waals surface area contributed by atoms with E-state index in [0.717, 1.165) is 25.2 Å². The minimum atomic E-state index is -0.197. The molecule has 1 aromatic rings. The van der Waals surface area contributed by atoms with Crippen LogP contribution in [0.3, 0.4) is 0 Å². The lowest BCUT2D eigenvalue weighted by Crippen LogP contribution is -2.37. The summed E-state index contributed by atoms with van der Waals surface area (Å²) in [4.78, 5) is 12.3. The van der Waals surface area contributed by atoms with Gasteiger partial charge in [0.1, 0.15) is 5.78 Å². The van der Waals surface area contributed by atoms with Gasteiger partial charge in [0.05, 0.1) is 5.41 Å². The van der Waals surface area contributed by atoms with Gasteiger partial charge in [-0.3, -0.25) is 4.79 Å². The number of carbonyl (C=O) groups excluding carboxylic acids is 1. The van der Waals surface area contributed by atoms with Crippen molar-refractivity contribution in [3.8, 4) is 0 Å². The van der Waals surface area contributed by atoms with E-state index < -0.39 is 0 Å². The summed E-state index contributed by atoms with van der Waals surface area (Å²) in [6.07, 6.45) is 6.72. The van der Waals surface area contributed by atoms with Crippen molar-refractivity contribution in [2.24, 2.45) is 5.92 Å². The Morgan fingerprint density at radius 1 is 1.24 bits per heavy atom. The summed E-state index contributed by atoms with van der Waals surface area (Å²) in [5.41, 5.74) is 2.50. The molecule has 1 fully saturated rings. The molecule has 1 nitrogen and oxygen atoms in total. The average Bonchev–Trinajstić information content (AvgIpc) is 3.16. The molecule has 1 atom stereocenters. The highest BCUT2D eigenvalue weighted by molar-refractivity contribution is 5.91. The fraction of sp³-hybridized carbons (Fsp3) is 0.562. The Morgan fingerprint density at radius 3 is 2.76 bits per heavy atom. The molecule has 2 aliphatic rings. The zero-order valence-corrected chi connectivity index (χ0v) is 10.5. The maximum absolute atomic E-state index is 12.3. The predicted molar refractivity (Wildman–Crippen MR) is 69.1 cm³/mol. The molecule has 17 heavy (non-hydrogen) atoms. The molecule has 2 aliphatic carbocycles. The zero-order chi connectivity index (χ0) is 11.9. The van der Waals surface area contributed by atoms with Gasteiger partial charge < -0.3 is 0 Å². The molecular weight excluding hydrogens is 208 g/mol. The van der Waals surface area contributed by atoms with Crippen LogP contribution in [0.15, 0.2) is 24.3 Å². The molecule has 90 valence electrons. The number of carbonyl (C=O) groups is 1. The number of hydrogen-bond acceptors (Lipinski definition) is 1. The summed E-state index contributed by atoms with van der Waals surface area (Å²) in [6, 6.07) is 8.53. The maximum Gasteiger partial charge on any atom is 0.143 e. The topological polar surface area (TPSA) is 17.1 Å². The number of Topliss-reactive ketones (excluding diaryl/α,β-unsaturated/α-hetero) is 1. The summed E-state index contributed by atoms with van der Waals surface area (Å²) in [6.45, 7) is 2.16. The number of aryl methyl sites for hydroxylation is 1. The second-order valence-corrected chi connectivity index (χ2v) is 5.89. The van der Waals surface area contributed by atoms with E-state index in [2.05, 4.69) is 31.2 Å². The van der Waals surface area contributed by atoms with Crippen molar-refractivity contribution in [1.29, 1.82) is 0 Å². The molecule has 0 N–H and O–H groups in total. The van der Waals surface area contributed by atoms with Gasteiger partial charge in [-0.15, -0.1) is 0 Å². The summed E-state index contributed by atoms with van der Waals surface area (Å²) >= 11 is 0. The molecule has 0 saturated heterocycles. The van der Waals surface area contributed by atoms with Gasteiger partial charge in [0.25, 0.3) is 0 Å². The molecule has 3 rings (SSSR count). The first kappa shape index (κ1) is 11.0. The van der Waals surface area contributed by atoms with Crippen LogP contribution in [-0.4, -0.2) is 5.78 Å². The van der Waals surface area contributed by atoms with Crippen LogP contribution >= 0.6 is 0 Å². The average molecular weight is 228 g/mol. The van der Waals surface area contributed by atoms with E-state index in [1.165, 1.54) is 30.4 Å². The lowest BCUT2D eigenvalue weighted by atomic mass is 9.68. The molecule has 1 heteroatoms. The van der Waals surface area contributed by atoms with Gasteiger partial charge in [0.15, 0.2) is 0 Å². The highest BCUT2D eigenvalue weighted by atomic mass is 16.1. The van der Waals surface area contributed by atoms with Gasteiger partial charge in [-0.1, -0.05) is 37.1 Å². The number of fused-ring (bicyclic) bond motifs is 1. The SMILES string of the molecule is CC1(CCC2CC2)C(=O)CCc2ccccc21. The standard InChI is InChI=1S/C16H20O/c1-16(11-10-12-6-7-12)14-5-3-2-4-13(14)8-9-15(16)17/h2-5,12H,6-11H2,1H3. The maximum atomic E-state index is 12.3. The smallest absolute Gasteiger partial charge is 0.143 e. The molecule has 0 heterocycles. The highest BCUT2D eigenvalue weighted by Crippen LogP contribution is 2.42. The molecule has 0 bridgehead atoms. The van der Waals surface area contributed by atoms with Crippen LogP contribution in [-0.2, 0) is 16.6 Å². The predicted octanol–water partition coefficient (Wildman–Crippen LogP) is 3.65. The summed E-state index contributed by atoms with van der Waals surface area (Å²) < 4.78 is 0. The van der Waals surface area contributed by atoms with E-state index in [4.69, 9.17) is 0 Å². The number of rotatable bonds is 3. The van der Waals surface area contributed by atoms with Crippen LogP contribution in [0, 0.1) is 5.92 Å². The lowest BCUT2D eigenvalue weighted by molar-refractivity contribution is -0.125. The third kappa shape index (κ3) is 1.92. The van der Waals surface area contributed by atoms with Crippen LogP contribution in [0.5, 0.6) is 0 Å². The van der Waals surface area contributed by atoms with Crippen LogP contribution in [0.2, 0.25) is 0 Å². The fourth-order valence-electron chi connectivity index (χ4n) is 3.12. The summed E-state index contributed by atoms with van der Waals surface area (Å²) in [5.74, 6) is 1.37. The normalized spacial score (nSPS) is 27.9. The Morgan fingerprint density at radius 2 is 2.00 bits per heavy atom. The van der Waals surface area contributed by atoms with Gasteiger partial charge in [-0.25, -0.2) is 0 Å². The molecule has 0 aromatic heterocycles. The van der Waals surface area contributed by atoms with Crippen LogP contribution in [0.25, 0.3) is 0 Å².